The van der Waals surface area contributed by atoms with Crippen LogP contribution in [-0.4, -0.2) is 30.1 Å². The number of nitrogens with two attached hydrogens (primary N) is 1. The molecule has 1 fully saturated rings. The molecule has 106 valence electrons. The van der Waals surface area contributed by atoms with E-state index in [0.717, 1.165) is 26.1 Å². The van der Waals surface area contributed by atoms with Crippen molar-refractivity contribution in [1.29, 1.82) is 0 Å². The molecule has 0 saturated heterocycles. The first-order chi connectivity index (χ1) is 9.30. The quantitative estimate of drug-likeness (QED) is 0.851. The molecule has 1 aromatic rings. The van der Waals surface area contributed by atoms with Crippen LogP contribution in [0.3, 0.4) is 0 Å². The third-order valence-electron chi connectivity index (χ3n) is 4.73. The topological polar surface area (TPSA) is 29.3 Å². The summed E-state index contributed by atoms with van der Waals surface area (Å²) >= 11 is 0. The van der Waals surface area contributed by atoms with Crippen LogP contribution in [0.15, 0.2) is 30.3 Å². The Hall–Kier alpha value is -0.860. The van der Waals surface area contributed by atoms with Crippen LogP contribution in [0.5, 0.6) is 0 Å². The summed E-state index contributed by atoms with van der Waals surface area (Å²) < 4.78 is 0. The van der Waals surface area contributed by atoms with Crippen LogP contribution in [-0.2, 0) is 6.42 Å². The van der Waals surface area contributed by atoms with Crippen molar-refractivity contribution >= 4 is 0 Å². The zero-order chi connectivity index (χ0) is 13.6. The highest BCUT2D eigenvalue weighted by molar-refractivity contribution is 5.15. The van der Waals surface area contributed by atoms with Gasteiger partial charge in [0.15, 0.2) is 0 Å². The van der Waals surface area contributed by atoms with Crippen molar-refractivity contribution in [3.05, 3.63) is 35.9 Å². The number of rotatable bonds is 6. The molecule has 0 aromatic heterocycles. The van der Waals surface area contributed by atoms with Crippen molar-refractivity contribution < 1.29 is 0 Å². The van der Waals surface area contributed by atoms with E-state index in [9.17, 15) is 0 Å². The van der Waals surface area contributed by atoms with Crippen molar-refractivity contribution in [1.82, 2.24) is 4.90 Å². The summed E-state index contributed by atoms with van der Waals surface area (Å²) in [6, 6.07) is 10.8. The van der Waals surface area contributed by atoms with Crippen LogP contribution in [0.4, 0.5) is 0 Å². The normalized spacial score (nSPS) is 18.7. The predicted octanol–water partition coefficient (Wildman–Crippen LogP) is 3.21. The van der Waals surface area contributed by atoms with E-state index >= 15 is 0 Å². The molecule has 0 bridgehead atoms. The Morgan fingerprint density at radius 2 is 1.79 bits per heavy atom. The Morgan fingerprint density at radius 1 is 1.11 bits per heavy atom. The van der Waals surface area contributed by atoms with Gasteiger partial charge in [0.2, 0.25) is 0 Å². The Bertz CT molecular complexity index is 355. The summed E-state index contributed by atoms with van der Waals surface area (Å²) in [6.45, 7) is 5.34. The molecule has 2 rings (SSSR count). The first kappa shape index (κ1) is 14.5. The monoisotopic (exact) mass is 260 g/mol. The maximum absolute atomic E-state index is 6.14. The van der Waals surface area contributed by atoms with Gasteiger partial charge in [0.05, 0.1) is 0 Å². The molecule has 1 saturated carbocycles. The van der Waals surface area contributed by atoms with Gasteiger partial charge in [0, 0.05) is 18.6 Å². The van der Waals surface area contributed by atoms with Gasteiger partial charge >= 0.3 is 0 Å². The molecule has 0 aliphatic heterocycles. The third kappa shape index (κ3) is 3.58. The first-order valence-electron chi connectivity index (χ1n) is 7.80. The highest BCUT2D eigenvalue weighted by Crippen LogP contribution is 2.32. The second-order valence-corrected chi connectivity index (χ2v) is 5.80. The smallest absolute Gasteiger partial charge is 0.0331 e. The lowest BCUT2D eigenvalue weighted by atomic mass is 9.80. The van der Waals surface area contributed by atoms with E-state index in [2.05, 4.69) is 42.2 Å². The van der Waals surface area contributed by atoms with E-state index < -0.39 is 0 Å². The van der Waals surface area contributed by atoms with Crippen LogP contribution in [0.1, 0.15) is 44.6 Å². The fourth-order valence-electron chi connectivity index (χ4n) is 3.50. The highest BCUT2D eigenvalue weighted by Gasteiger charge is 2.35. The number of likely N-dealkylation sites (N-methyl/N-ethyl adjacent to an activating group) is 1. The van der Waals surface area contributed by atoms with Crippen LogP contribution in [0, 0.1) is 0 Å². The largest absolute Gasteiger partial charge is 0.329 e. The van der Waals surface area contributed by atoms with Gasteiger partial charge in [0.25, 0.3) is 0 Å². The van der Waals surface area contributed by atoms with E-state index in [1.54, 1.807) is 0 Å². The number of benzene rings is 1. The summed E-state index contributed by atoms with van der Waals surface area (Å²) in [5.74, 6) is 0. The summed E-state index contributed by atoms with van der Waals surface area (Å²) in [6.07, 6.45) is 7.78. The molecule has 0 radical (unpaired) electrons. The number of hydrogen-bond acceptors (Lipinski definition) is 2. The fraction of sp³-hybridized carbons (Fsp3) is 0.647. The average Bonchev–Trinajstić information content (AvgIpc) is 2.50. The van der Waals surface area contributed by atoms with Crippen LogP contribution >= 0.6 is 0 Å². The molecule has 2 heteroatoms. The third-order valence-corrected chi connectivity index (χ3v) is 4.73. The van der Waals surface area contributed by atoms with E-state index in [-0.39, 0.29) is 5.54 Å². The van der Waals surface area contributed by atoms with Gasteiger partial charge in [0.1, 0.15) is 0 Å². The molecule has 0 unspecified atom stereocenters. The minimum absolute atomic E-state index is 0.280. The molecule has 1 aliphatic rings. The zero-order valence-corrected chi connectivity index (χ0v) is 12.3. The second-order valence-electron chi connectivity index (χ2n) is 5.80. The summed E-state index contributed by atoms with van der Waals surface area (Å²) in [4.78, 5) is 2.64. The molecule has 0 amide bonds. The SMILES string of the molecule is CCN(CCc1ccccc1)C1(CN)CCCCC1. The first-order valence-corrected chi connectivity index (χ1v) is 7.80. The van der Waals surface area contributed by atoms with Crippen molar-refractivity contribution in [2.75, 3.05) is 19.6 Å². The molecular formula is C17H28N2. The van der Waals surface area contributed by atoms with Crippen molar-refractivity contribution in [3.8, 4) is 0 Å². The van der Waals surface area contributed by atoms with Gasteiger partial charge in [-0.15, -0.1) is 0 Å². The summed E-state index contributed by atoms with van der Waals surface area (Å²) in [5.41, 5.74) is 7.86. The standard InChI is InChI=1S/C17H28N2/c1-2-19(14-11-16-9-5-3-6-10-16)17(15-18)12-7-4-8-13-17/h3,5-6,9-10H,2,4,7-8,11-15,18H2,1H3. The Morgan fingerprint density at radius 3 is 2.37 bits per heavy atom. The van der Waals surface area contributed by atoms with Crippen LogP contribution < -0.4 is 5.73 Å². The highest BCUT2D eigenvalue weighted by atomic mass is 15.2. The van der Waals surface area contributed by atoms with Crippen molar-refractivity contribution in [2.45, 2.75) is 51.0 Å². The van der Waals surface area contributed by atoms with Gasteiger partial charge < -0.3 is 5.73 Å². The predicted molar refractivity (Wildman–Crippen MR) is 82.3 cm³/mol. The maximum atomic E-state index is 6.14. The molecule has 0 spiro atoms. The molecule has 0 heterocycles. The molecule has 1 aromatic carbocycles. The number of hydrogen-bond donors (Lipinski definition) is 1. The van der Waals surface area contributed by atoms with Crippen LogP contribution in [0.25, 0.3) is 0 Å². The lowest BCUT2D eigenvalue weighted by Crippen LogP contribution is -2.55. The van der Waals surface area contributed by atoms with Crippen molar-refractivity contribution in [3.63, 3.8) is 0 Å². The Kier molecular flexibility index (Phi) is 5.41. The summed E-state index contributed by atoms with van der Waals surface area (Å²) in [7, 11) is 0. The maximum Gasteiger partial charge on any atom is 0.0331 e. The van der Waals surface area contributed by atoms with Crippen LogP contribution in [0.2, 0.25) is 0 Å². The Balaban J connectivity index is 1.98. The Labute approximate surface area is 118 Å². The van der Waals surface area contributed by atoms with Gasteiger partial charge in [-0.2, -0.15) is 0 Å². The zero-order valence-electron chi connectivity index (χ0n) is 12.3. The van der Waals surface area contributed by atoms with Gasteiger partial charge in [-0.25, -0.2) is 0 Å². The van der Waals surface area contributed by atoms with Gasteiger partial charge in [-0.3, -0.25) is 4.90 Å². The minimum Gasteiger partial charge on any atom is -0.329 e. The molecule has 1 aliphatic carbocycles. The van der Waals surface area contributed by atoms with Gasteiger partial charge in [-0.1, -0.05) is 56.5 Å². The molecule has 19 heavy (non-hydrogen) atoms. The minimum atomic E-state index is 0.280. The number of nitrogens with zero attached hydrogens (tertiary/aromatic N) is 1. The lowest BCUT2D eigenvalue weighted by molar-refractivity contribution is 0.0629. The lowest BCUT2D eigenvalue weighted by Gasteiger charge is -2.46. The van der Waals surface area contributed by atoms with Gasteiger partial charge in [-0.05, 0) is 31.4 Å². The molecule has 0 atom stereocenters. The molecule has 2 N–H and O–H groups in total. The second kappa shape index (κ2) is 7.06. The molecular weight excluding hydrogens is 232 g/mol. The van der Waals surface area contributed by atoms with Crippen molar-refractivity contribution in [2.24, 2.45) is 5.73 Å². The molecule has 2 nitrogen and oxygen atoms in total. The van der Waals surface area contributed by atoms with E-state index in [1.165, 1.54) is 37.7 Å². The summed E-state index contributed by atoms with van der Waals surface area (Å²) in [5, 5.41) is 0. The fourth-order valence-corrected chi connectivity index (χ4v) is 3.50. The van der Waals surface area contributed by atoms with E-state index in [0.29, 0.717) is 0 Å². The van der Waals surface area contributed by atoms with E-state index in [4.69, 9.17) is 5.73 Å². The van der Waals surface area contributed by atoms with E-state index in [1.807, 2.05) is 0 Å². The average molecular weight is 260 g/mol.